The number of aliphatic hydroxyl groups excluding tert-OH is 1. The smallest absolute Gasteiger partial charge is 0.0608 e. The average molecular weight is 239 g/mol. The van der Waals surface area contributed by atoms with Gasteiger partial charge in [0.05, 0.1) is 6.61 Å². The first-order valence-corrected chi connectivity index (χ1v) is 6.81. The van der Waals surface area contributed by atoms with Crippen LogP contribution in [-0.4, -0.2) is 23.0 Å². The first-order valence-electron chi connectivity index (χ1n) is 5.65. The first-order chi connectivity index (χ1) is 7.64. The van der Waals surface area contributed by atoms with E-state index in [1.54, 1.807) is 0 Å². The van der Waals surface area contributed by atoms with Gasteiger partial charge in [-0.3, -0.25) is 0 Å². The van der Waals surface area contributed by atoms with E-state index in [0.717, 1.165) is 24.3 Å². The first kappa shape index (κ1) is 13.6. The van der Waals surface area contributed by atoms with Crippen LogP contribution in [0.4, 0.5) is 0 Å². The summed E-state index contributed by atoms with van der Waals surface area (Å²) in [7, 11) is 0. The fourth-order valence-corrected chi connectivity index (χ4v) is 2.34. The van der Waals surface area contributed by atoms with Gasteiger partial charge in [-0.1, -0.05) is 30.3 Å². The molecule has 1 aromatic carbocycles. The summed E-state index contributed by atoms with van der Waals surface area (Å²) < 4.78 is 0. The normalized spacial score (nSPS) is 14.7. The Balaban J connectivity index is 2.09. The molecule has 0 amide bonds. The van der Waals surface area contributed by atoms with Crippen molar-refractivity contribution in [3.05, 3.63) is 35.9 Å². The summed E-state index contributed by atoms with van der Waals surface area (Å²) in [5.41, 5.74) is 6.81. The Morgan fingerprint density at radius 3 is 2.62 bits per heavy atom. The number of nitrogens with two attached hydrogens (primary N) is 1. The van der Waals surface area contributed by atoms with Gasteiger partial charge in [0.15, 0.2) is 0 Å². The third-order valence-electron chi connectivity index (χ3n) is 2.51. The zero-order chi connectivity index (χ0) is 11.9. The van der Waals surface area contributed by atoms with E-state index in [2.05, 4.69) is 24.3 Å². The molecule has 0 saturated carbocycles. The van der Waals surface area contributed by atoms with Crippen molar-refractivity contribution >= 4 is 11.8 Å². The molecule has 0 aliphatic carbocycles. The Bertz CT molecular complexity index is 287. The Labute approximate surface area is 102 Å². The van der Waals surface area contributed by atoms with Gasteiger partial charge in [0.2, 0.25) is 0 Å². The molecule has 0 aromatic heterocycles. The molecular weight excluding hydrogens is 218 g/mol. The van der Waals surface area contributed by atoms with E-state index in [9.17, 15) is 0 Å². The largest absolute Gasteiger partial charge is 0.394 e. The van der Waals surface area contributed by atoms with Crippen molar-refractivity contribution in [1.29, 1.82) is 0 Å². The fourth-order valence-electron chi connectivity index (χ4n) is 1.42. The van der Waals surface area contributed by atoms with Gasteiger partial charge in [-0.25, -0.2) is 0 Å². The summed E-state index contributed by atoms with van der Waals surface area (Å²) in [6.45, 7) is 1.96. The maximum absolute atomic E-state index is 9.00. The van der Waals surface area contributed by atoms with Crippen LogP contribution in [-0.2, 0) is 5.75 Å². The highest BCUT2D eigenvalue weighted by Crippen LogP contribution is 2.16. The van der Waals surface area contributed by atoms with Crippen molar-refractivity contribution in [3.8, 4) is 0 Å². The molecule has 16 heavy (non-hydrogen) atoms. The van der Waals surface area contributed by atoms with Crippen molar-refractivity contribution in [2.75, 3.05) is 12.4 Å². The van der Waals surface area contributed by atoms with Crippen LogP contribution in [0, 0.1) is 0 Å². The molecule has 2 nitrogen and oxygen atoms in total. The number of aliphatic hydroxyl groups is 1. The quantitative estimate of drug-likeness (QED) is 0.718. The van der Waals surface area contributed by atoms with Crippen molar-refractivity contribution in [1.82, 2.24) is 0 Å². The van der Waals surface area contributed by atoms with Crippen molar-refractivity contribution in [2.24, 2.45) is 5.73 Å². The highest BCUT2D eigenvalue weighted by Gasteiger charge is 2.15. The minimum absolute atomic E-state index is 0.0658. The summed E-state index contributed by atoms with van der Waals surface area (Å²) in [5, 5.41) is 9.00. The fraction of sp³-hybridized carbons (Fsp3) is 0.538. The Kier molecular flexibility index (Phi) is 5.88. The number of rotatable bonds is 7. The molecule has 0 radical (unpaired) electrons. The van der Waals surface area contributed by atoms with E-state index in [0.29, 0.717) is 0 Å². The molecule has 0 heterocycles. The lowest BCUT2D eigenvalue weighted by Gasteiger charge is -2.21. The summed E-state index contributed by atoms with van der Waals surface area (Å²) in [4.78, 5) is 0. The monoisotopic (exact) mass is 239 g/mol. The van der Waals surface area contributed by atoms with Gasteiger partial charge >= 0.3 is 0 Å². The molecule has 1 unspecified atom stereocenters. The number of hydrogen-bond acceptors (Lipinski definition) is 3. The van der Waals surface area contributed by atoms with Gasteiger partial charge in [0.25, 0.3) is 0 Å². The zero-order valence-corrected chi connectivity index (χ0v) is 10.7. The van der Waals surface area contributed by atoms with Crippen LogP contribution in [0.1, 0.15) is 25.3 Å². The van der Waals surface area contributed by atoms with Crippen LogP contribution in [0.2, 0.25) is 0 Å². The molecule has 3 N–H and O–H groups in total. The Hall–Kier alpha value is -0.510. The molecule has 0 spiro atoms. The molecule has 0 bridgehead atoms. The van der Waals surface area contributed by atoms with E-state index in [-0.39, 0.29) is 6.61 Å². The van der Waals surface area contributed by atoms with Crippen molar-refractivity contribution in [3.63, 3.8) is 0 Å². The number of thioether (sulfide) groups is 1. The Morgan fingerprint density at radius 1 is 1.31 bits per heavy atom. The average Bonchev–Trinajstić information content (AvgIpc) is 2.30. The summed E-state index contributed by atoms with van der Waals surface area (Å²) in [6.07, 6.45) is 1.94. The highest BCUT2D eigenvalue weighted by atomic mass is 32.2. The minimum atomic E-state index is -0.409. The molecule has 0 aliphatic heterocycles. The van der Waals surface area contributed by atoms with Gasteiger partial charge in [0, 0.05) is 11.3 Å². The third kappa shape index (κ3) is 5.54. The second-order valence-corrected chi connectivity index (χ2v) is 5.56. The second-order valence-electron chi connectivity index (χ2n) is 4.45. The second kappa shape index (κ2) is 6.94. The third-order valence-corrected chi connectivity index (χ3v) is 3.62. The molecule has 0 fully saturated rings. The number of benzene rings is 1. The summed E-state index contributed by atoms with van der Waals surface area (Å²) in [5.74, 6) is 2.16. The van der Waals surface area contributed by atoms with Gasteiger partial charge in [0.1, 0.15) is 0 Å². The van der Waals surface area contributed by atoms with Crippen molar-refractivity contribution in [2.45, 2.75) is 31.1 Å². The predicted molar refractivity (Wildman–Crippen MR) is 71.5 cm³/mol. The predicted octanol–water partition coefficient (Wildman–Crippen LogP) is 2.41. The maximum Gasteiger partial charge on any atom is 0.0608 e. The van der Waals surface area contributed by atoms with E-state index < -0.39 is 5.54 Å². The van der Waals surface area contributed by atoms with Crippen LogP contribution in [0.25, 0.3) is 0 Å². The van der Waals surface area contributed by atoms with E-state index in [1.165, 1.54) is 5.56 Å². The van der Waals surface area contributed by atoms with E-state index >= 15 is 0 Å². The molecule has 1 rings (SSSR count). The highest BCUT2D eigenvalue weighted by molar-refractivity contribution is 7.98. The lowest BCUT2D eigenvalue weighted by molar-refractivity contribution is 0.200. The van der Waals surface area contributed by atoms with Crippen LogP contribution >= 0.6 is 11.8 Å². The lowest BCUT2D eigenvalue weighted by atomic mass is 9.99. The molecular formula is C13H21NOS. The van der Waals surface area contributed by atoms with Gasteiger partial charge in [-0.2, -0.15) is 11.8 Å². The summed E-state index contributed by atoms with van der Waals surface area (Å²) in [6, 6.07) is 10.5. The van der Waals surface area contributed by atoms with Crippen LogP contribution in [0.15, 0.2) is 30.3 Å². The van der Waals surface area contributed by atoms with E-state index in [1.807, 2.05) is 24.8 Å². The standard InChI is InChI=1S/C13H21NOS/c1-13(14,11-15)8-5-9-16-10-12-6-3-2-4-7-12/h2-4,6-7,15H,5,8-11,14H2,1H3. The summed E-state index contributed by atoms with van der Waals surface area (Å²) >= 11 is 1.92. The van der Waals surface area contributed by atoms with Crippen molar-refractivity contribution < 1.29 is 5.11 Å². The van der Waals surface area contributed by atoms with E-state index in [4.69, 9.17) is 10.8 Å². The molecule has 0 saturated heterocycles. The topological polar surface area (TPSA) is 46.2 Å². The van der Waals surface area contributed by atoms with Crippen LogP contribution in [0.3, 0.4) is 0 Å². The van der Waals surface area contributed by atoms with Gasteiger partial charge in [-0.15, -0.1) is 0 Å². The zero-order valence-electron chi connectivity index (χ0n) is 9.86. The number of hydrogen-bond donors (Lipinski definition) is 2. The van der Waals surface area contributed by atoms with Crippen LogP contribution in [0.5, 0.6) is 0 Å². The SMILES string of the molecule is CC(N)(CO)CCCSCc1ccccc1. The molecule has 3 heteroatoms. The molecule has 90 valence electrons. The van der Waals surface area contributed by atoms with Gasteiger partial charge in [-0.05, 0) is 31.1 Å². The molecule has 1 atom stereocenters. The minimum Gasteiger partial charge on any atom is -0.394 e. The van der Waals surface area contributed by atoms with Crippen LogP contribution < -0.4 is 5.73 Å². The van der Waals surface area contributed by atoms with Gasteiger partial charge < -0.3 is 10.8 Å². The Morgan fingerprint density at radius 2 is 2.00 bits per heavy atom. The maximum atomic E-state index is 9.00. The molecule has 0 aliphatic rings. The molecule has 1 aromatic rings. The lowest BCUT2D eigenvalue weighted by Crippen LogP contribution is -2.40.